The predicted molar refractivity (Wildman–Crippen MR) is 99.7 cm³/mol. The monoisotopic (exact) mass is 364 g/mol. The topological polar surface area (TPSA) is 52.6 Å². The van der Waals surface area contributed by atoms with Gasteiger partial charge in [0.15, 0.2) is 8.32 Å². The van der Waals surface area contributed by atoms with Gasteiger partial charge in [0.2, 0.25) is 0 Å². The van der Waals surface area contributed by atoms with E-state index in [1.807, 2.05) is 6.08 Å². The number of rotatable bonds is 4. The molecule has 0 N–H and O–H groups in total. The minimum atomic E-state index is -1.98. The summed E-state index contributed by atoms with van der Waals surface area (Å²) in [5.41, 5.74) is -0.367. The molecule has 0 aromatic heterocycles. The average molecular weight is 365 g/mol. The van der Waals surface area contributed by atoms with Crippen LogP contribution in [0, 0.1) is 17.3 Å². The van der Waals surface area contributed by atoms with Crippen LogP contribution in [0.4, 0.5) is 0 Å². The van der Waals surface area contributed by atoms with Gasteiger partial charge in [0.1, 0.15) is 11.9 Å². The number of Topliss-reactive ketones (excluding diaryl/α,β-unsaturated/α-hetero) is 1. The summed E-state index contributed by atoms with van der Waals surface area (Å²) >= 11 is 0. The Morgan fingerprint density at radius 1 is 1.32 bits per heavy atom. The van der Waals surface area contributed by atoms with E-state index in [4.69, 9.17) is 9.16 Å². The van der Waals surface area contributed by atoms with Gasteiger partial charge in [-0.15, -0.1) is 6.58 Å². The minimum Gasteiger partial charge on any atom is -0.459 e. The van der Waals surface area contributed by atoms with Gasteiger partial charge in [-0.3, -0.25) is 9.59 Å². The largest absolute Gasteiger partial charge is 0.459 e. The molecule has 0 amide bonds. The van der Waals surface area contributed by atoms with E-state index in [1.165, 1.54) is 0 Å². The van der Waals surface area contributed by atoms with E-state index in [1.54, 1.807) is 0 Å². The number of hydrogen-bond acceptors (Lipinski definition) is 4. The highest BCUT2D eigenvalue weighted by Gasteiger charge is 2.67. The number of ketones is 1. The molecule has 1 heterocycles. The standard InChI is InChI=1S/C20H32O4Si/c1-7-8-14-15(21)11-13-9-10-16(24-25(5,6)19(2,3)4)18-20(13,14)12-17(22)23-18/h7,13-14,16,18H,1,8-12H2,2-6H3/t13-,14-,16-,18+,20?/m0/s1. The van der Waals surface area contributed by atoms with Gasteiger partial charge in [-0.25, -0.2) is 0 Å². The van der Waals surface area contributed by atoms with Crippen LogP contribution in [0.25, 0.3) is 0 Å². The van der Waals surface area contributed by atoms with Crippen molar-refractivity contribution in [2.24, 2.45) is 17.3 Å². The van der Waals surface area contributed by atoms with E-state index >= 15 is 0 Å². The van der Waals surface area contributed by atoms with Crippen molar-refractivity contribution >= 4 is 20.1 Å². The summed E-state index contributed by atoms with van der Waals surface area (Å²) in [5, 5.41) is 0.103. The summed E-state index contributed by atoms with van der Waals surface area (Å²) in [6.45, 7) is 15.0. The molecule has 140 valence electrons. The van der Waals surface area contributed by atoms with E-state index in [2.05, 4.69) is 40.4 Å². The van der Waals surface area contributed by atoms with Crippen molar-refractivity contribution in [3.8, 4) is 0 Å². The Labute approximate surface area is 152 Å². The van der Waals surface area contributed by atoms with Gasteiger partial charge in [0.05, 0.1) is 12.5 Å². The summed E-state index contributed by atoms with van der Waals surface area (Å²) < 4.78 is 12.5. The Kier molecular flexibility index (Phi) is 4.56. The Hall–Kier alpha value is -0.943. The summed E-state index contributed by atoms with van der Waals surface area (Å²) in [4.78, 5) is 25.0. The van der Waals surface area contributed by atoms with E-state index < -0.39 is 8.32 Å². The van der Waals surface area contributed by atoms with Crippen molar-refractivity contribution in [3.63, 3.8) is 0 Å². The third-order valence-corrected chi connectivity index (χ3v) is 11.8. The van der Waals surface area contributed by atoms with Crippen LogP contribution in [0.5, 0.6) is 0 Å². The lowest BCUT2D eigenvalue weighted by Crippen LogP contribution is -2.55. The number of allylic oxidation sites excluding steroid dienone is 1. The summed E-state index contributed by atoms with van der Waals surface area (Å²) in [5.74, 6) is 0.226. The molecule has 0 radical (unpaired) electrons. The number of carbonyl (C=O) groups excluding carboxylic acids is 2. The van der Waals surface area contributed by atoms with E-state index in [0.29, 0.717) is 19.3 Å². The van der Waals surface area contributed by atoms with Crippen LogP contribution >= 0.6 is 0 Å². The molecular formula is C20H32O4Si. The number of carbonyl (C=O) groups is 2. The first-order valence-electron chi connectivity index (χ1n) is 9.54. The third kappa shape index (κ3) is 2.83. The summed E-state index contributed by atoms with van der Waals surface area (Å²) in [7, 11) is -1.98. The van der Waals surface area contributed by atoms with Gasteiger partial charge < -0.3 is 9.16 Å². The lowest BCUT2D eigenvalue weighted by atomic mass is 9.60. The molecule has 25 heavy (non-hydrogen) atoms. The summed E-state index contributed by atoms with van der Waals surface area (Å²) in [6, 6.07) is 0. The molecule has 1 unspecified atom stereocenters. The fourth-order valence-electron chi connectivity index (χ4n) is 5.00. The molecule has 5 atom stereocenters. The van der Waals surface area contributed by atoms with Crippen molar-refractivity contribution < 1.29 is 18.8 Å². The van der Waals surface area contributed by atoms with Gasteiger partial charge in [0, 0.05) is 17.8 Å². The van der Waals surface area contributed by atoms with Crippen molar-refractivity contribution in [1.82, 2.24) is 0 Å². The van der Waals surface area contributed by atoms with Crippen LogP contribution in [0.3, 0.4) is 0 Å². The van der Waals surface area contributed by atoms with Gasteiger partial charge in [-0.1, -0.05) is 26.8 Å². The zero-order valence-corrected chi connectivity index (χ0v) is 17.3. The van der Waals surface area contributed by atoms with E-state index in [0.717, 1.165) is 12.8 Å². The SMILES string of the molecule is C=CC[C@H]1C(=O)C[C@@H]2CC[C@H](O[Si](C)(C)C(C)(C)C)[C@H]3OC(=O)CC231. The first-order chi connectivity index (χ1) is 11.5. The van der Waals surface area contributed by atoms with E-state index in [9.17, 15) is 9.59 Å². The molecule has 1 saturated heterocycles. The number of hydrogen-bond donors (Lipinski definition) is 0. The zero-order chi connectivity index (χ0) is 18.6. The Bertz CT molecular complexity index is 591. The van der Waals surface area contributed by atoms with Crippen molar-refractivity contribution in [3.05, 3.63) is 12.7 Å². The lowest BCUT2D eigenvalue weighted by molar-refractivity contribution is -0.151. The van der Waals surface area contributed by atoms with Crippen LogP contribution in [0.1, 0.15) is 52.9 Å². The third-order valence-electron chi connectivity index (χ3n) is 7.28. The maximum absolute atomic E-state index is 12.7. The molecule has 3 aliphatic rings. The smallest absolute Gasteiger partial charge is 0.306 e. The maximum Gasteiger partial charge on any atom is 0.306 e. The molecule has 1 aliphatic heterocycles. The molecule has 2 aliphatic carbocycles. The Balaban J connectivity index is 1.95. The number of ether oxygens (including phenoxy) is 1. The molecule has 0 aromatic carbocycles. The Morgan fingerprint density at radius 3 is 2.60 bits per heavy atom. The first-order valence-corrected chi connectivity index (χ1v) is 12.4. The van der Waals surface area contributed by atoms with Crippen molar-refractivity contribution in [1.29, 1.82) is 0 Å². The van der Waals surface area contributed by atoms with Crippen LogP contribution in [-0.2, 0) is 18.8 Å². The molecular weight excluding hydrogens is 332 g/mol. The predicted octanol–water partition coefficient (Wildman–Crippen LogP) is 4.25. The molecule has 1 spiro atoms. The second kappa shape index (κ2) is 6.05. The molecule has 4 nitrogen and oxygen atoms in total. The van der Waals surface area contributed by atoms with Gasteiger partial charge in [0.25, 0.3) is 0 Å². The Morgan fingerprint density at radius 2 is 2.00 bits per heavy atom. The van der Waals surface area contributed by atoms with Crippen LogP contribution < -0.4 is 0 Å². The molecule has 5 heteroatoms. The molecule has 3 fully saturated rings. The van der Waals surface area contributed by atoms with Crippen LogP contribution in [0.2, 0.25) is 18.1 Å². The van der Waals surface area contributed by atoms with E-state index in [-0.39, 0.29) is 46.2 Å². The maximum atomic E-state index is 12.7. The normalized spacial score (nSPS) is 38.3. The molecule has 2 saturated carbocycles. The summed E-state index contributed by atoms with van der Waals surface area (Å²) in [6.07, 6.45) is 4.87. The molecule has 0 bridgehead atoms. The zero-order valence-electron chi connectivity index (χ0n) is 16.3. The quantitative estimate of drug-likeness (QED) is 0.425. The highest BCUT2D eigenvalue weighted by Crippen LogP contribution is 2.62. The second-order valence-electron chi connectivity index (χ2n) is 9.64. The van der Waals surface area contributed by atoms with Gasteiger partial charge in [-0.2, -0.15) is 0 Å². The molecule has 3 rings (SSSR count). The highest BCUT2D eigenvalue weighted by molar-refractivity contribution is 6.74. The number of esters is 1. The lowest BCUT2D eigenvalue weighted by Gasteiger charge is -2.49. The van der Waals surface area contributed by atoms with Crippen molar-refractivity contribution in [2.45, 2.75) is 83.2 Å². The average Bonchev–Trinajstić information content (AvgIpc) is 2.96. The van der Waals surface area contributed by atoms with Crippen molar-refractivity contribution in [2.75, 3.05) is 0 Å². The first kappa shape index (κ1) is 18.8. The fourth-order valence-corrected chi connectivity index (χ4v) is 6.36. The van der Waals surface area contributed by atoms with Crippen LogP contribution in [0.15, 0.2) is 12.7 Å². The van der Waals surface area contributed by atoms with Gasteiger partial charge in [-0.05, 0) is 43.3 Å². The minimum absolute atomic E-state index is 0.0817. The molecule has 0 aromatic rings. The van der Waals surface area contributed by atoms with Gasteiger partial charge >= 0.3 is 5.97 Å². The highest BCUT2D eigenvalue weighted by atomic mass is 28.4. The second-order valence-corrected chi connectivity index (χ2v) is 14.4. The van der Waals surface area contributed by atoms with Crippen LogP contribution in [-0.4, -0.2) is 32.3 Å². The fraction of sp³-hybridized carbons (Fsp3) is 0.800.